The van der Waals surface area contributed by atoms with Crippen molar-refractivity contribution in [1.29, 1.82) is 5.26 Å². The molecule has 0 radical (unpaired) electrons. The van der Waals surface area contributed by atoms with Crippen LogP contribution in [0.5, 0.6) is 0 Å². The molecule has 0 spiro atoms. The summed E-state index contributed by atoms with van der Waals surface area (Å²) in [5, 5.41) is 12.4. The third-order valence-electron chi connectivity index (χ3n) is 5.15. The lowest BCUT2D eigenvalue weighted by Gasteiger charge is -2.29. The first-order chi connectivity index (χ1) is 14.1. The van der Waals surface area contributed by atoms with Crippen LogP contribution in [0.25, 0.3) is 5.69 Å². The van der Waals surface area contributed by atoms with Crippen LogP contribution in [-0.2, 0) is 0 Å². The van der Waals surface area contributed by atoms with E-state index in [2.05, 4.69) is 16.3 Å². The Bertz CT molecular complexity index is 1060. The van der Waals surface area contributed by atoms with Crippen LogP contribution in [0.1, 0.15) is 35.2 Å². The number of amides is 1. The SMILES string of the molecule is N#Cc1cc(NC(=O)c2ccn(-c3ccc(F)cc3)c2)ccc1N1CCCCC1. The predicted octanol–water partition coefficient (Wildman–Crippen LogP) is 4.73. The van der Waals surface area contributed by atoms with Crippen LogP contribution < -0.4 is 10.2 Å². The second kappa shape index (κ2) is 8.19. The summed E-state index contributed by atoms with van der Waals surface area (Å²) in [4.78, 5) is 14.9. The fourth-order valence-electron chi connectivity index (χ4n) is 3.62. The van der Waals surface area contributed by atoms with E-state index in [-0.39, 0.29) is 11.7 Å². The number of rotatable bonds is 4. The number of carbonyl (C=O) groups is 1. The van der Waals surface area contributed by atoms with E-state index in [1.165, 1.54) is 18.6 Å². The molecule has 1 N–H and O–H groups in total. The van der Waals surface area contributed by atoms with Crippen molar-refractivity contribution in [2.45, 2.75) is 19.3 Å². The largest absolute Gasteiger partial charge is 0.370 e. The molecular weight excluding hydrogens is 367 g/mol. The van der Waals surface area contributed by atoms with Crippen molar-refractivity contribution < 1.29 is 9.18 Å². The van der Waals surface area contributed by atoms with E-state index in [1.54, 1.807) is 41.2 Å². The van der Waals surface area contributed by atoms with Gasteiger partial charge in [-0.2, -0.15) is 5.26 Å². The van der Waals surface area contributed by atoms with Crippen molar-refractivity contribution in [2.24, 2.45) is 0 Å². The Kier molecular flexibility index (Phi) is 5.30. The Morgan fingerprint density at radius 2 is 1.79 bits per heavy atom. The van der Waals surface area contributed by atoms with E-state index < -0.39 is 0 Å². The van der Waals surface area contributed by atoms with Gasteiger partial charge in [0.05, 0.1) is 16.8 Å². The Labute approximate surface area is 169 Å². The molecule has 2 aromatic carbocycles. The number of hydrogen-bond acceptors (Lipinski definition) is 3. The topological polar surface area (TPSA) is 61.1 Å². The van der Waals surface area contributed by atoms with Gasteiger partial charge >= 0.3 is 0 Å². The van der Waals surface area contributed by atoms with Crippen molar-refractivity contribution in [1.82, 2.24) is 4.57 Å². The number of nitrogens with zero attached hydrogens (tertiary/aromatic N) is 3. The van der Waals surface area contributed by atoms with E-state index in [9.17, 15) is 14.4 Å². The van der Waals surface area contributed by atoms with Crippen molar-refractivity contribution in [3.05, 3.63) is 77.9 Å². The zero-order valence-corrected chi connectivity index (χ0v) is 15.9. The normalized spacial score (nSPS) is 13.7. The van der Waals surface area contributed by atoms with Gasteiger partial charge in [-0.1, -0.05) is 0 Å². The minimum Gasteiger partial charge on any atom is -0.370 e. The summed E-state index contributed by atoms with van der Waals surface area (Å²) in [6, 6.07) is 15.5. The van der Waals surface area contributed by atoms with Gasteiger partial charge in [0.15, 0.2) is 0 Å². The van der Waals surface area contributed by atoms with E-state index in [0.29, 0.717) is 16.8 Å². The number of benzene rings is 2. The van der Waals surface area contributed by atoms with Crippen molar-refractivity contribution in [2.75, 3.05) is 23.3 Å². The average Bonchev–Trinajstić information content (AvgIpc) is 3.25. The van der Waals surface area contributed by atoms with Crippen LogP contribution in [-0.4, -0.2) is 23.6 Å². The fourth-order valence-corrected chi connectivity index (χ4v) is 3.62. The predicted molar refractivity (Wildman–Crippen MR) is 111 cm³/mol. The molecule has 1 aromatic heterocycles. The maximum absolute atomic E-state index is 13.1. The maximum Gasteiger partial charge on any atom is 0.257 e. The lowest BCUT2D eigenvalue weighted by atomic mass is 10.1. The monoisotopic (exact) mass is 388 g/mol. The highest BCUT2D eigenvalue weighted by Crippen LogP contribution is 2.27. The van der Waals surface area contributed by atoms with Gasteiger partial charge in [-0.25, -0.2) is 4.39 Å². The van der Waals surface area contributed by atoms with Gasteiger partial charge in [0.2, 0.25) is 0 Å². The molecule has 0 aliphatic carbocycles. The Morgan fingerprint density at radius 3 is 2.52 bits per heavy atom. The first-order valence-corrected chi connectivity index (χ1v) is 9.68. The Hall–Kier alpha value is -3.59. The number of nitriles is 1. The molecule has 0 unspecified atom stereocenters. The first-order valence-electron chi connectivity index (χ1n) is 9.68. The summed E-state index contributed by atoms with van der Waals surface area (Å²) < 4.78 is 14.8. The first kappa shape index (κ1) is 18.8. The number of piperidine rings is 1. The van der Waals surface area contributed by atoms with Gasteiger partial charge in [-0.15, -0.1) is 0 Å². The van der Waals surface area contributed by atoms with Gasteiger partial charge in [0.1, 0.15) is 11.9 Å². The third kappa shape index (κ3) is 4.14. The molecule has 1 aliphatic heterocycles. The van der Waals surface area contributed by atoms with Crippen LogP contribution in [0.15, 0.2) is 60.9 Å². The molecule has 5 nitrogen and oxygen atoms in total. The standard InChI is InChI=1S/C23H21FN4O/c24-19-4-7-21(8-5-19)28-13-10-17(16-28)23(29)26-20-6-9-22(18(14-20)15-25)27-11-2-1-3-12-27/h4-10,13-14,16H,1-3,11-12H2,(H,26,29). The van der Waals surface area contributed by atoms with Crippen molar-refractivity contribution in [3.8, 4) is 11.8 Å². The van der Waals surface area contributed by atoms with Crippen LogP contribution in [0, 0.1) is 17.1 Å². The average molecular weight is 388 g/mol. The second-order valence-electron chi connectivity index (χ2n) is 7.13. The summed E-state index contributed by atoms with van der Waals surface area (Å²) in [5.41, 5.74) is 3.32. The summed E-state index contributed by atoms with van der Waals surface area (Å²) in [6.07, 6.45) is 6.94. The van der Waals surface area contributed by atoms with Crippen LogP contribution in [0.2, 0.25) is 0 Å². The highest BCUT2D eigenvalue weighted by Gasteiger charge is 2.16. The maximum atomic E-state index is 13.1. The lowest BCUT2D eigenvalue weighted by Crippen LogP contribution is -2.30. The number of anilines is 2. The van der Waals surface area contributed by atoms with E-state index >= 15 is 0 Å². The van der Waals surface area contributed by atoms with Crippen LogP contribution in [0.3, 0.4) is 0 Å². The van der Waals surface area contributed by atoms with Crippen LogP contribution >= 0.6 is 0 Å². The molecule has 1 fully saturated rings. The Morgan fingerprint density at radius 1 is 1.03 bits per heavy atom. The summed E-state index contributed by atoms with van der Waals surface area (Å²) in [5.74, 6) is -0.569. The molecule has 146 valence electrons. The van der Waals surface area contributed by atoms with Gasteiger partial charge in [0, 0.05) is 36.9 Å². The number of hydrogen-bond donors (Lipinski definition) is 1. The molecule has 0 saturated carbocycles. The fraction of sp³-hybridized carbons (Fsp3) is 0.217. The molecule has 2 heterocycles. The number of nitrogens with one attached hydrogen (secondary N) is 1. The Balaban J connectivity index is 1.50. The van der Waals surface area contributed by atoms with Crippen LogP contribution in [0.4, 0.5) is 15.8 Å². The zero-order valence-electron chi connectivity index (χ0n) is 15.9. The molecule has 0 bridgehead atoms. The number of aromatic nitrogens is 1. The smallest absolute Gasteiger partial charge is 0.257 e. The summed E-state index contributed by atoms with van der Waals surface area (Å²) >= 11 is 0. The molecule has 4 rings (SSSR count). The van der Waals surface area contributed by atoms with E-state index in [4.69, 9.17) is 0 Å². The zero-order chi connectivity index (χ0) is 20.2. The molecule has 1 amide bonds. The number of halogens is 1. The van der Waals surface area contributed by atoms with Gasteiger partial charge in [-0.3, -0.25) is 4.79 Å². The third-order valence-corrected chi connectivity index (χ3v) is 5.15. The lowest BCUT2D eigenvalue weighted by molar-refractivity contribution is 0.102. The van der Waals surface area contributed by atoms with Gasteiger partial charge in [-0.05, 0) is 67.8 Å². The quantitative estimate of drug-likeness (QED) is 0.703. The molecule has 6 heteroatoms. The molecule has 29 heavy (non-hydrogen) atoms. The molecule has 0 atom stereocenters. The van der Waals surface area contributed by atoms with Gasteiger partial charge in [0.25, 0.3) is 5.91 Å². The van der Waals surface area contributed by atoms with Crippen molar-refractivity contribution >= 4 is 17.3 Å². The van der Waals surface area contributed by atoms with Gasteiger partial charge < -0.3 is 14.8 Å². The summed E-state index contributed by atoms with van der Waals surface area (Å²) in [6.45, 7) is 1.91. The molecular formula is C23H21FN4O. The minimum atomic E-state index is -0.305. The molecule has 1 aliphatic rings. The van der Waals surface area contributed by atoms with Crippen molar-refractivity contribution in [3.63, 3.8) is 0 Å². The van der Waals surface area contributed by atoms with E-state index in [1.807, 2.05) is 12.1 Å². The minimum absolute atomic E-state index is 0.263. The number of carbonyl (C=O) groups excluding carboxylic acids is 1. The summed E-state index contributed by atoms with van der Waals surface area (Å²) in [7, 11) is 0. The molecule has 1 saturated heterocycles. The second-order valence-corrected chi connectivity index (χ2v) is 7.13. The highest BCUT2D eigenvalue weighted by molar-refractivity contribution is 6.04. The highest BCUT2D eigenvalue weighted by atomic mass is 19.1. The molecule has 3 aromatic rings. The van der Waals surface area contributed by atoms with E-state index in [0.717, 1.165) is 37.3 Å².